The summed E-state index contributed by atoms with van der Waals surface area (Å²) in [6, 6.07) is 0.899. The smallest absolute Gasteiger partial charge is 0.272 e. The molecule has 1 aromatic rings. The van der Waals surface area contributed by atoms with E-state index in [2.05, 4.69) is 4.98 Å². The van der Waals surface area contributed by atoms with E-state index < -0.39 is 23.7 Å². The van der Waals surface area contributed by atoms with Crippen LogP contribution in [0, 0.1) is 5.82 Å². The van der Waals surface area contributed by atoms with Crippen molar-refractivity contribution in [3.05, 3.63) is 28.8 Å². The van der Waals surface area contributed by atoms with Crippen LogP contribution in [0.4, 0.5) is 13.2 Å². The molecule has 1 aromatic heterocycles. The Balaban J connectivity index is 2.48. The van der Waals surface area contributed by atoms with Crippen molar-refractivity contribution >= 4 is 11.6 Å². The van der Waals surface area contributed by atoms with Crippen molar-refractivity contribution in [1.82, 2.24) is 4.98 Å². The molecular formula is C8H6ClF3N2. The van der Waals surface area contributed by atoms with Crippen molar-refractivity contribution in [3.8, 4) is 0 Å². The highest BCUT2D eigenvalue weighted by Gasteiger charge is 2.70. The predicted octanol–water partition coefficient (Wildman–Crippen LogP) is 2.07. The van der Waals surface area contributed by atoms with Crippen LogP contribution in [0.15, 0.2) is 12.3 Å². The summed E-state index contributed by atoms with van der Waals surface area (Å²) in [6.45, 7) is 0. The maximum Gasteiger partial charge on any atom is 0.272 e. The lowest BCUT2D eigenvalue weighted by molar-refractivity contribution is 0.0890. The Hall–Kier alpha value is -0.810. The van der Waals surface area contributed by atoms with Crippen molar-refractivity contribution in [3.63, 3.8) is 0 Å². The zero-order valence-electron chi connectivity index (χ0n) is 6.90. The fraction of sp³-hybridized carbons (Fsp3) is 0.375. The molecule has 14 heavy (non-hydrogen) atoms. The summed E-state index contributed by atoms with van der Waals surface area (Å²) in [5.41, 5.74) is 3.39. The summed E-state index contributed by atoms with van der Waals surface area (Å²) in [7, 11) is 0. The molecule has 1 unspecified atom stereocenters. The molecule has 0 spiro atoms. The van der Waals surface area contributed by atoms with Gasteiger partial charge >= 0.3 is 0 Å². The van der Waals surface area contributed by atoms with Crippen LogP contribution in [0.1, 0.15) is 12.0 Å². The maximum absolute atomic E-state index is 12.8. The number of rotatable bonds is 1. The summed E-state index contributed by atoms with van der Waals surface area (Å²) in [6.07, 6.45) is 0.334. The fourth-order valence-electron chi connectivity index (χ4n) is 1.33. The van der Waals surface area contributed by atoms with Crippen LogP contribution in [-0.4, -0.2) is 10.9 Å². The quantitative estimate of drug-likeness (QED) is 0.739. The van der Waals surface area contributed by atoms with E-state index >= 15 is 0 Å². The van der Waals surface area contributed by atoms with Gasteiger partial charge < -0.3 is 5.73 Å². The topological polar surface area (TPSA) is 38.9 Å². The highest BCUT2D eigenvalue weighted by atomic mass is 35.5. The number of nitrogens with zero attached hydrogens (tertiary/aromatic N) is 1. The standard InChI is InChI=1S/C8H6ClF3N2/c9-6-5(1-4(10)2-14-6)7(13)3-8(7,11)12/h1-2H,3,13H2. The minimum Gasteiger partial charge on any atom is -0.316 e. The molecule has 1 aliphatic rings. The first kappa shape index (κ1) is 9.73. The van der Waals surface area contributed by atoms with Crippen molar-refractivity contribution in [2.75, 3.05) is 0 Å². The molecule has 1 heterocycles. The second kappa shape index (κ2) is 2.61. The molecular weight excluding hydrogens is 217 g/mol. The number of pyridine rings is 1. The van der Waals surface area contributed by atoms with Crippen LogP contribution in [0.25, 0.3) is 0 Å². The van der Waals surface area contributed by atoms with Gasteiger partial charge in [-0.3, -0.25) is 0 Å². The van der Waals surface area contributed by atoms with E-state index in [0.717, 1.165) is 12.3 Å². The van der Waals surface area contributed by atoms with Crippen LogP contribution in [0.2, 0.25) is 5.15 Å². The van der Waals surface area contributed by atoms with E-state index in [-0.39, 0.29) is 10.7 Å². The number of hydrogen-bond donors (Lipinski definition) is 1. The third kappa shape index (κ3) is 1.19. The van der Waals surface area contributed by atoms with E-state index in [1.54, 1.807) is 0 Å². The van der Waals surface area contributed by atoms with Gasteiger partial charge in [-0.2, -0.15) is 0 Å². The van der Waals surface area contributed by atoms with E-state index in [4.69, 9.17) is 17.3 Å². The minimum absolute atomic E-state index is 0.135. The Kier molecular flexibility index (Phi) is 1.81. The fourth-order valence-corrected chi connectivity index (χ4v) is 1.61. The molecule has 0 amide bonds. The average molecular weight is 223 g/mol. The van der Waals surface area contributed by atoms with Gasteiger partial charge in [0.15, 0.2) is 0 Å². The van der Waals surface area contributed by atoms with Crippen molar-refractivity contribution in [2.24, 2.45) is 5.73 Å². The first-order valence-electron chi connectivity index (χ1n) is 3.85. The third-order valence-electron chi connectivity index (χ3n) is 2.31. The van der Waals surface area contributed by atoms with Crippen molar-refractivity contribution in [2.45, 2.75) is 17.9 Å². The SMILES string of the molecule is NC1(c2cc(F)cnc2Cl)CC1(F)F. The summed E-state index contributed by atoms with van der Waals surface area (Å²) in [5.74, 6) is -3.75. The van der Waals surface area contributed by atoms with Gasteiger partial charge in [-0.05, 0) is 6.07 Å². The van der Waals surface area contributed by atoms with Gasteiger partial charge in [-0.15, -0.1) is 0 Å². The summed E-state index contributed by atoms with van der Waals surface area (Å²) in [5, 5.41) is -0.175. The van der Waals surface area contributed by atoms with Crippen molar-refractivity contribution in [1.29, 1.82) is 0 Å². The van der Waals surface area contributed by atoms with E-state index in [1.807, 2.05) is 0 Å². The molecule has 76 valence electrons. The largest absolute Gasteiger partial charge is 0.316 e. The van der Waals surface area contributed by atoms with Gasteiger partial charge in [-0.1, -0.05) is 11.6 Å². The molecule has 2 nitrogen and oxygen atoms in total. The van der Waals surface area contributed by atoms with E-state index in [1.165, 1.54) is 0 Å². The number of hydrogen-bond acceptors (Lipinski definition) is 2. The Labute approximate surface area is 82.9 Å². The normalized spacial score (nSPS) is 28.9. The molecule has 1 atom stereocenters. The van der Waals surface area contributed by atoms with Crippen LogP contribution in [-0.2, 0) is 5.54 Å². The monoisotopic (exact) mass is 222 g/mol. The molecule has 0 bridgehead atoms. The molecule has 0 radical (unpaired) electrons. The Morgan fingerprint density at radius 2 is 2.07 bits per heavy atom. The van der Waals surface area contributed by atoms with Crippen LogP contribution < -0.4 is 5.73 Å². The lowest BCUT2D eigenvalue weighted by Crippen LogP contribution is -2.28. The van der Waals surface area contributed by atoms with Gasteiger partial charge in [0.2, 0.25) is 0 Å². The van der Waals surface area contributed by atoms with E-state index in [0.29, 0.717) is 0 Å². The van der Waals surface area contributed by atoms with Gasteiger partial charge in [0, 0.05) is 12.0 Å². The number of nitrogens with two attached hydrogens (primary N) is 1. The van der Waals surface area contributed by atoms with E-state index in [9.17, 15) is 13.2 Å². The molecule has 2 N–H and O–H groups in total. The molecule has 6 heteroatoms. The number of halogens is 4. The molecule has 1 aliphatic carbocycles. The summed E-state index contributed by atoms with van der Waals surface area (Å²) >= 11 is 5.56. The summed E-state index contributed by atoms with van der Waals surface area (Å²) < 4.78 is 38.4. The highest BCUT2D eigenvalue weighted by molar-refractivity contribution is 6.30. The first-order valence-corrected chi connectivity index (χ1v) is 4.23. The average Bonchev–Trinajstić information content (AvgIpc) is 2.58. The Bertz CT molecular complexity index is 396. The lowest BCUT2D eigenvalue weighted by atomic mass is 10.1. The van der Waals surface area contributed by atoms with Gasteiger partial charge in [-0.25, -0.2) is 18.2 Å². The Morgan fingerprint density at radius 3 is 2.57 bits per heavy atom. The van der Waals surface area contributed by atoms with Crippen LogP contribution in [0.3, 0.4) is 0 Å². The minimum atomic E-state index is -3.02. The zero-order valence-corrected chi connectivity index (χ0v) is 7.65. The van der Waals surface area contributed by atoms with Crippen LogP contribution in [0.5, 0.6) is 0 Å². The number of aromatic nitrogens is 1. The predicted molar refractivity (Wildman–Crippen MR) is 44.6 cm³/mol. The molecule has 0 aromatic carbocycles. The van der Waals surface area contributed by atoms with Gasteiger partial charge in [0.05, 0.1) is 6.20 Å². The maximum atomic E-state index is 12.8. The van der Waals surface area contributed by atoms with Gasteiger partial charge in [0.1, 0.15) is 16.5 Å². The molecule has 1 fully saturated rings. The van der Waals surface area contributed by atoms with Crippen LogP contribution >= 0.6 is 11.6 Å². The second-order valence-corrected chi connectivity index (χ2v) is 3.70. The van der Waals surface area contributed by atoms with Crippen molar-refractivity contribution < 1.29 is 13.2 Å². The second-order valence-electron chi connectivity index (χ2n) is 3.34. The molecule has 1 saturated carbocycles. The molecule has 0 aliphatic heterocycles. The summed E-state index contributed by atoms with van der Waals surface area (Å²) in [4.78, 5) is 3.43. The molecule has 2 rings (SSSR count). The number of alkyl halides is 2. The molecule has 0 saturated heterocycles. The third-order valence-corrected chi connectivity index (χ3v) is 2.62. The zero-order chi connectivity index (χ0) is 10.6. The highest BCUT2D eigenvalue weighted by Crippen LogP contribution is 2.58. The van der Waals surface area contributed by atoms with Gasteiger partial charge in [0.25, 0.3) is 5.92 Å². The Morgan fingerprint density at radius 1 is 1.50 bits per heavy atom. The first-order chi connectivity index (χ1) is 6.37. The lowest BCUT2D eigenvalue weighted by Gasteiger charge is -2.11.